The second-order valence-electron chi connectivity index (χ2n) is 5.46. The van der Waals surface area contributed by atoms with Crippen molar-refractivity contribution in [3.63, 3.8) is 0 Å². The molecule has 0 aliphatic heterocycles. The third kappa shape index (κ3) is 3.12. The second-order valence-corrected chi connectivity index (χ2v) is 7.14. The fraction of sp³-hybridized carbons (Fsp3) is 0.294. The van der Waals surface area contributed by atoms with E-state index in [1.807, 2.05) is 18.2 Å². The summed E-state index contributed by atoms with van der Waals surface area (Å²) in [4.78, 5) is 0.135. The molecule has 1 aliphatic rings. The number of sulfonamides is 1. The minimum Gasteiger partial charge on any atom is -0.493 e. The summed E-state index contributed by atoms with van der Waals surface area (Å²) >= 11 is 0. The third-order valence-corrected chi connectivity index (χ3v) is 5.39. The van der Waals surface area contributed by atoms with Crippen LogP contribution < -0.4 is 14.2 Å². The molecule has 5 nitrogen and oxygen atoms in total. The molecule has 1 N–H and O–H groups in total. The summed E-state index contributed by atoms with van der Waals surface area (Å²) in [7, 11) is -0.691. The molecule has 2 aromatic rings. The smallest absolute Gasteiger partial charge is 0.262 e. The lowest BCUT2D eigenvalue weighted by molar-refractivity contribution is 0.354. The molecule has 0 aromatic heterocycles. The highest BCUT2D eigenvalue weighted by molar-refractivity contribution is 7.92. The number of fused-ring (bicyclic) bond motifs is 1. The molecule has 0 bridgehead atoms. The van der Waals surface area contributed by atoms with Crippen LogP contribution in [0.3, 0.4) is 0 Å². The number of ether oxygens (including phenoxy) is 2. The lowest BCUT2D eigenvalue weighted by Gasteiger charge is -2.12. The van der Waals surface area contributed by atoms with E-state index in [1.54, 1.807) is 6.07 Å². The Morgan fingerprint density at radius 2 is 1.65 bits per heavy atom. The monoisotopic (exact) mass is 333 g/mol. The molecule has 0 heterocycles. The van der Waals surface area contributed by atoms with Crippen LogP contribution in [0.4, 0.5) is 5.69 Å². The van der Waals surface area contributed by atoms with E-state index in [9.17, 15) is 8.42 Å². The van der Waals surface area contributed by atoms with Crippen LogP contribution in [0.5, 0.6) is 11.5 Å². The molecule has 0 atom stereocenters. The van der Waals surface area contributed by atoms with Gasteiger partial charge >= 0.3 is 0 Å². The summed E-state index contributed by atoms with van der Waals surface area (Å²) in [6.07, 6.45) is 3.19. The lowest BCUT2D eigenvalue weighted by atomic mass is 10.1. The highest BCUT2D eigenvalue weighted by atomic mass is 32.2. The Labute approximate surface area is 136 Å². The van der Waals surface area contributed by atoms with Gasteiger partial charge in [0.05, 0.1) is 19.1 Å². The van der Waals surface area contributed by atoms with Crippen molar-refractivity contribution in [3.8, 4) is 11.5 Å². The van der Waals surface area contributed by atoms with Gasteiger partial charge in [0.15, 0.2) is 11.5 Å². The first-order chi connectivity index (χ1) is 11.0. The Balaban J connectivity index is 1.90. The fourth-order valence-electron chi connectivity index (χ4n) is 2.83. The number of aryl methyl sites for hydroxylation is 2. The van der Waals surface area contributed by atoms with Gasteiger partial charge in [0.1, 0.15) is 0 Å². The van der Waals surface area contributed by atoms with E-state index in [0.29, 0.717) is 17.2 Å². The maximum absolute atomic E-state index is 12.6. The van der Waals surface area contributed by atoms with Crippen LogP contribution in [0.2, 0.25) is 0 Å². The number of hydrogen-bond acceptors (Lipinski definition) is 4. The topological polar surface area (TPSA) is 64.6 Å². The van der Waals surface area contributed by atoms with E-state index >= 15 is 0 Å². The Kier molecular flexibility index (Phi) is 4.17. The Hall–Kier alpha value is -2.21. The first kappa shape index (κ1) is 15.7. The zero-order valence-corrected chi connectivity index (χ0v) is 13.9. The average molecular weight is 333 g/mol. The molecular formula is C17H19NO4S. The third-order valence-electron chi connectivity index (χ3n) is 4.02. The van der Waals surface area contributed by atoms with Crippen molar-refractivity contribution in [2.75, 3.05) is 18.9 Å². The lowest BCUT2D eigenvalue weighted by Crippen LogP contribution is -2.13. The van der Waals surface area contributed by atoms with Gasteiger partial charge in [-0.2, -0.15) is 0 Å². The van der Waals surface area contributed by atoms with Gasteiger partial charge in [0.25, 0.3) is 10.0 Å². The van der Waals surface area contributed by atoms with E-state index < -0.39 is 10.0 Å². The summed E-state index contributed by atoms with van der Waals surface area (Å²) in [6, 6.07) is 10.2. The molecule has 0 amide bonds. The van der Waals surface area contributed by atoms with Gasteiger partial charge in [-0.15, -0.1) is 0 Å². The molecule has 6 heteroatoms. The van der Waals surface area contributed by atoms with Crippen molar-refractivity contribution < 1.29 is 17.9 Å². The number of hydrogen-bond donors (Lipinski definition) is 1. The molecule has 0 unspecified atom stereocenters. The van der Waals surface area contributed by atoms with Crippen molar-refractivity contribution >= 4 is 15.7 Å². The largest absolute Gasteiger partial charge is 0.493 e. The predicted octanol–water partition coefficient (Wildman–Crippen LogP) is 2.99. The zero-order valence-electron chi connectivity index (χ0n) is 13.1. The van der Waals surface area contributed by atoms with Crippen molar-refractivity contribution in [2.24, 2.45) is 0 Å². The summed E-state index contributed by atoms with van der Waals surface area (Å²) < 4.78 is 38.1. The minimum atomic E-state index is -3.67. The van der Waals surface area contributed by atoms with Crippen molar-refractivity contribution in [1.29, 1.82) is 0 Å². The van der Waals surface area contributed by atoms with Crippen molar-refractivity contribution in [3.05, 3.63) is 47.5 Å². The van der Waals surface area contributed by atoms with Gasteiger partial charge in [-0.05, 0) is 54.7 Å². The van der Waals surface area contributed by atoms with Crippen LogP contribution in [-0.4, -0.2) is 22.6 Å². The van der Waals surface area contributed by atoms with E-state index in [2.05, 4.69) is 4.72 Å². The molecule has 3 rings (SSSR count). The van der Waals surface area contributed by atoms with Crippen LogP contribution in [0.1, 0.15) is 17.5 Å². The molecule has 122 valence electrons. The van der Waals surface area contributed by atoms with Gasteiger partial charge < -0.3 is 9.47 Å². The van der Waals surface area contributed by atoms with Crippen molar-refractivity contribution in [2.45, 2.75) is 24.2 Å². The number of methoxy groups -OCH3 is 2. The zero-order chi connectivity index (χ0) is 16.4. The van der Waals surface area contributed by atoms with Crippen LogP contribution in [0, 0.1) is 0 Å². The molecule has 0 saturated carbocycles. The quantitative estimate of drug-likeness (QED) is 0.913. The molecule has 0 radical (unpaired) electrons. The predicted molar refractivity (Wildman–Crippen MR) is 88.8 cm³/mol. The number of rotatable bonds is 5. The van der Waals surface area contributed by atoms with Crippen LogP contribution >= 0.6 is 0 Å². The maximum Gasteiger partial charge on any atom is 0.262 e. The number of anilines is 1. The first-order valence-corrected chi connectivity index (χ1v) is 8.88. The van der Waals surface area contributed by atoms with Crippen LogP contribution in [0.25, 0.3) is 0 Å². The highest BCUT2D eigenvalue weighted by Gasteiger charge is 2.18. The van der Waals surface area contributed by atoms with Crippen molar-refractivity contribution in [1.82, 2.24) is 0 Å². The Morgan fingerprint density at radius 1 is 0.913 bits per heavy atom. The summed E-state index contributed by atoms with van der Waals surface area (Å²) in [6.45, 7) is 0. The van der Waals surface area contributed by atoms with E-state index in [4.69, 9.17) is 9.47 Å². The molecular weight excluding hydrogens is 314 g/mol. The maximum atomic E-state index is 12.6. The number of benzene rings is 2. The minimum absolute atomic E-state index is 0.135. The van der Waals surface area contributed by atoms with Crippen LogP contribution in [-0.2, 0) is 22.9 Å². The van der Waals surface area contributed by atoms with Crippen LogP contribution in [0.15, 0.2) is 41.3 Å². The van der Waals surface area contributed by atoms with Gasteiger partial charge in [0, 0.05) is 11.8 Å². The van der Waals surface area contributed by atoms with E-state index in [1.165, 1.54) is 37.5 Å². The first-order valence-electron chi connectivity index (χ1n) is 7.40. The Bertz CT molecular complexity index is 830. The molecule has 0 spiro atoms. The summed E-state index contributed by atoms with van der Waals surface area (Å²) in [5, 5.41) is 0. The van der Waals surface area contributed by atoms with Gasteiger partial charge in [-0.3, -0.25) is 4.72 Å². The van der Waals surface area contributed by atoms with E-state index in [0.717, 1.165) is 19.3 Å². The molecule has 0 saturated heterocycles. The second kappa shape index (κ2) is 6.12. The van der Waals surface area contributed by atoms with E-state index in [-0.39, 0.29) is 4.90 Å². The normalized spacial score (nSPS) is 13.5. The molecule has 0 fully saturated rings. The standard InChI is InChI=1S/C17H19NO4S/c1-21-16-9-8-15(11-17(16)22-2)23(19,20)18-14-7-6-12-4-3-5-13(12)10-14/h6-11,18H,3-5H2,1-2H3. The average Bonchev–Trinajstić information content (AvgIpc) is 3.01. The summed E-state index contributed by atoms with van der Waals surface area (Å²) in [5.74, 6) is 0.869. The highest BCUT2D eigenvalue weighted by Crippen LogP contribution is 2.31. The fourth-order valence-corrected chi connectivity index (χ4v) is 3.90. The molecule has 23 heavy (non-hydrogen) atoms. The molecule has 1 aliphatic carbocycles. The van der Waals surface area contributed by atoms with Gasteiger partial charge in [-0.1, -0.05) is 6.07 Å². The van der Waals surface area contributed by atoms with Gasteiger partial charge in [-0.25, -0.2) is 8.42 Å². The van der Waals surface area contributed by atoms with Gasteiger partial charge in [0.2, 0.25) is 0 Å². The Morgan fingerprint density at radius 3 is 2.39 bits per heavy atom. The summed E-state index contributed by atoms with van der Waals surface area (Å²) in [5.41, 5.74) is 3.11. The molecule has 2 aromatic carbocycles. The SMILES string of the molecule is COc1ccc(S(=O)(=O)Nc2ccc3c(c2)CCC3)cc1OC. The number of nitrogens with one attached hydrogen (secondary N) is 1.